The zero-order valence-corrected chi connectivity index (χ0v) is 13.1. The van der Waals surface area contributed by atoms with Crippen LogP contribution in [0.2, 0.25) is 10.0 Å². The fourth-order valence-electron chi connectivity index (χ4n) is 2.15. The van der Waals surface area contributed by atoms with Crippen LogP contribution < -0.4 is 5.73 Å². The Labute approximate surface area is 130 Å². The van der Waals surface area contributed by atoms with Gasteiger partial charge < -0.3 is 5.73 Å². The van der Waals surface area contributed by atoms with Gasteiger partial charge in [-0.3, -0.25) is 4.90 Å². The van der Waals surface area contributed by atoms with Crippen molar-refractivity contribution >= 4 is 28.9 Å². The summed E-state index contributed by atoms with van der Waals surface area (Å²) in [6.45, 7) is 2.88. The van der Waals surface area contributed by atoms with Crippen LogP contribution in [0.1, 0.15) is 24.1 Å². The molecule has 0 radical (unpaired) electrons. The maximum absolute atomic E-state index is 6.23. The lowest BCUT2D eigenvalue weighted by atomic mass is 10.1. The highest BCUT2D eigenvalue weighted by Crippen LogP contribution is 2.28. The Bertz CT molecular complexity index is 599. The van der Waals surface area contributed by atoms with Gasteiger partial charge in [-0.05, 0) is 43.3 Å². The molecule has 20 heavy (non-hydrogen) atoms. The van der Waals surface area contributed by atoms with E-state index in [1.54, 1.807) is 6.07 Å². The summed E-state index contributed by atoms with van der Waals surface area (Å²) in [7, 11) is 2.06. The number of benzene rings is 2. The monoisotopic (exact) mass is 308 g/mol. The van der Waals surface area contributed by atoms with Crippen molar-refractivity contribution in [1.82, 2.24) is 4.90 Å². The van der Waals surface area contributed by atoms with Crippen LogP contribution in [0.4, 0.5) is 5.69 Å². The molecule has 0 saturated heterocycles. The maximum Gasteiger partial charge on any atom is 0.0637 e. The highest BCUT2D eigenvalue weighted by molar-refractivity contribution is 6.42. The van der Waals surface area contributed by atoms with Gasteiger partial charge in [-0.25, -0.2) is 0 Å². The van der Waals surface area contributed by atoms with Crippen LogP contribution >= 0.6 is 23.2 Å². The maximum atomic E-state index is 6.23. The van der Waals surface area contributed by atoms with E-state index < -0.39 is 0 Å². The molecule has 0 aliphatic heterocycles. The van der Waals surface area contributed by atoms with E-state index in [1.807, 2.05) is 30.3 Å². The molecule has 1 unspecified atom stereocenters. The van der Waals surface area contributed by atoms with Gasteiger partial charge in [0.15, 0.2) is 0 Å². The van der Waals surface area contributed by atoms with Crippen LogP contribution in [0.5, 0.6) is 0 Å². The Morgan fingerprint density at radius 1 is 1.15 bits per heavy atom. The number of rotatable bonds is 4. The molecule has 0 bridgehead atoms. The Morgan fingerprint density at radius 2 is 1.85 bits per heavy atom. The SMILES string of the molecule is CC(c1cccc(N)c1)N(C)Cc1cccc(Cl)c1Cl. The third-order valence-electron chi connectivity index (χ3n) is 3.51. The molecule has 0 fully saturated rings. The van der Waals surface area contributed by atoms with Gasteiger partial charge in [0.05, 0.1) is 10.0 Å². The van der Waals surface area contributed by atoms with Gasteiger partial charge in [0, 0.05) is 18.3 Å². The van der Waals surface area contributed by atoms with Crippen molar-refractivity contribution in [3.8, 4) is 0 Å². The van der Waals surface area contributed by atoms with Gasteiger partial charge in [0.25, 0.3) is 0 Å². The normalized spacial score (nSPS) is 12.7. The minimum atomic E-state index is 0.244. The van der Waals surface area contributed by atoms with Crippen molar-refractivity contribution in [1.29, 1.82) is 0 Å². The first-order chi connectivity index (χ1) is 9.49. The van der Waals surface area contributed by atoms with Crippen molar-refractivity contribution in [2.75, 3.05) is 12.8 Å². The summed E-state index contributed by atoms with van der Waals surface area (Å²) in [4.78, 5) is 2.21. The van der Waals surface area contributed by atoms with Gasteiger partial charge in [-0.15, -0.1) is 0 Å². The fraction of sp³-hybridized carbons (Fsp3) is 0.250. The summed E-state index contributed by atoms with van der Waals surface area (Å²) in [5, 5.41) is 1.22. The Balaban J connectivity index is 2.15. The minimum Gasteiger partial charge on any atom is -0.399 e. The first-order valence-corrected chi connectivity index (χ1v) is 7.23. The highest BCUT2D eigenvalue weighted by Gasteiger charge is 2.14. The standard InChI is InChI=1S/C16H18Cl2N2/c1-11(12-5-3-7-14(19)9-12)20(2)10-13-6-4-8-15(17)16(13)18/h3-9,11H,10,19H2,1-2H3. The largest absolute Gasteiger partial charge is 0.399 e. The topological polar surface area (TPSA) is 29.3 Å². The quantitative estimate of drug-likeness (QED) is 0.824. The molecular formula is C16H18Cl2N2. The summed E-state index contributed by atoms with van der Waals surface area (Å²) >= 11 is 12.3. The van der Waals surface area contributed by atoms with E-state index in [-0.39, 0.29) is 6.04 Å². The Morgan fingerprint density at radius 3 is 2.55 bits per heavy atom. The van der Waals surface area contributed by atoms with Crippen LogP contribution in [0, 0.1) is 0 Å². The molecule has 2 nitrogen and oxygen atoms in total. The lowest BCUT2D eigenvalue weighted by Crippen LogP contribution is -2.22. The lowest BCUT2D eigenvalue weighted by molar-refractivity contribution is 0.253. The smallest absolute Gasteiger partial charge is 0.0637 e. The first kappa shape index (κ1) is 15.2. The van der Waals surface area contributed by atoms with E-state index >= 15 is 0 Å². The molecule has 0 aliphatic carbocycles. The molecule has 1 atom stereocenters. The molecule has 106 valence electrons. The second-order valence-corrected chi connectivity index (χ2v) is 5.76. The summed E-state index contributed by atoms with van der Waals surface area (Å²) in [5.74, 6) is 0. The van der Waals surface area contributed by atoms with E-state index in [0.29, 0.717) is 10.0 Å². The Hall–Kier alpha value is -1.22. The molecule has 4 heteroatoms. The predicted octanol–water partition coefficient (Wildman–Crippen LogP) is 4.77. The average Bonchev–Trinajstić information content (AvgIpc) is 2.43. The summed E-state index contributed by atoms with van der Waals surface area (Å²) < 4.78 is 0. The van der Waals surface area contributed by atoms with Gasteiger partial charge in [0.1, 0.15) is 0 Å². The zero-order chi connectivity index (χ0) is 14.7. The third kappa shape index (κ3) is 3.45. The molecule has 2 aromatic rings. The average molecular weight is 309 g/mol. The van der Waals surface area contributed by atoms with Crippen LogP contribution in [0.15, 0.2) is 42.5 Å². The van der Waals surface area contributed by atoms with E-state index in [4.69, 9.17) is 28.9 Å². The molecular weight excluding hydrogens is 291 g/mol. The number of hydrogen-bond acceptors (Lipinski definition) is 2. The summed E-state index contributed by atoms with van der Waals surface area (Å²) in [6.07, 6.45) is 0. The third-order valence-corrected chi connectivity index (χ3v) is 4.36. The second-order valence-electron chi connectivity index (χ2n) is 4.97. The van der Waals surface area contributed by atoms with E-state index in [1.165, 1.54) is 5.56 Å². The molecule has 0 heterocycles. The molecule has 0 saturated carbocycles. The number of halogens is 2. The van der Waals surface area contributed by atoms with Gasteiger partial charge in [0.2, 0.25) is 0 Å². The van der Waals surface area contributed by atoms with E-state index in [9.17, 15) is 0 Å². The van der Waals surface area contributed by atoms with Crippen molar-refractivity contribution < 1.29 is 0 Å². The van der Waals surface area contributed by atoms with Gasteiger partial charge in [-0.2, -0.15) is 0 Å². The van der Waals surface area contributed by atoms with Gasteiger partial charge in [-0.1, -0.05) is 47.5 Å². The highest BCUT2D eigenvalue weighted by atomic mass is 35.5. The van der Waals surface area contributed by atoms with Crippen molar-refractivity contribution in [3.05, 3.63) is 63.6 Å². The predicted molar refractivity (Wildman–Crippen MR) is 87.2 cm³/mol. The van der Waals surface area contributed by atoms with Crippen LogP contribution in [-0.2, 0) is 6.54 Å². The molecule has 0 aromatic heterocycles. The number of hydrogen-bond donors (Lipinski definition) is 1. The van der Waals surface area contributed by atoms with E-state index in [0.717, 1.165) is 17.8 Å². The molecule has 0 amide bonds. The second kappa shape index (κ2) is 6.49. The summed E-state index contributed by atoms with van der Waals surface area (Å²) in [6, 6.07) is 13.9. The van der Waals surface area contributed by atoms with Crippen molar-refractivity contribution in [2.45, 2.75) is 19.5 Å². The van der Waals surface area contributed by atoms with Crippen LogP contribution in [0.3, 0.4) is 0 Å². The molecule has 2 N–H and O–H groups in total. The molecule has 2 rings (SSSR count). The number of nitrogens with zero attached hydrogens (tertiary/aromatic N) is 1. The number of nitrogens with two attached hydrogens (primary N) is 1. The van der Waals surface area contributed by atoms with Crippen molar-refractivity contribution in [2.24, 2.45) is 0 Å². The summed E-state index contributed by atoms with van der Waals surface area (Å²) in [5.41, 5.74) is 8.83. The number of anilines is 1. The Kier molecular flexibility index (Phi) is 4.92. The molecule has 0 spiro atoms. The minimum absolute atomic E-state index is 0.244. The lowest BCUT2D eigenvalue weighted by Gasteiger charge is -2.26. The van der Waals surface area contributed by atoms with E-state index in [2.05, 4.69) is 24.9 Å². The zero-order valence-electron chi connectivity index (χ0n) is 11.6. The fourth-order valence-corrected chi connectivity index (χ4v) is 2.53. The van der Waals surface area contributed by atoms with Crippen LogP contribution in [-0.4, -0.2) is 11.9 Å². The molecule has 2 aromatic carbocycles. The first-order valence-electron chi connectivity index (χ1n) is 6.47. The molecule has 0 aliphatic rings. The number of nitrogen functional groups attached to an aromatic ring is 1. The van der Waals surface area contributed by atoms with Crippen LogP contribution in [0.25, 0.3) is 0 Å². The van der Waals surface area contributed by atoms with Crippen molar-refractivity contribution in [3.63, 3.8) is 0 Å². The van der Waals surface area contributed by atoms with Gasteiger partial charge >= 0.3 is 0 Å².